The lowest BCUT2D eigenvalue weighted by Crippen LogP contribution is -2.49. The van der Waals surface area contributed by atoms with Gasteiger partial charge in [0, 0.05) is 30.6 Å². The number of rotatable bonds is 4. The number of halogens is 1. The molecule has 178 valence electrons. The van der Waals surface area contributed by atoms with E-state index in [0.29, 0.717) is 35.2 Å². The van der Waals surface area contributed by atoms with Gasteiger partial charge in [0.15, 0.2) is 0 Å². The van der Waals surface area contributed by atoms with E-state index in [1.807, 2.05) is 4.90 Å². The molecule has 1 amide bonds. The van der Waals surface area contributed by atoms with E-state index in [9.17, 15) is 19.5 Å². The predicted molar refractivity (Wildman–Crippen MR) is 123 cm³/mol. The monoisotopic (exact) mass is 459 g/mol. The maximum atomic E-state index is 15.4. The molecule has 0 radical (unpaired) electrons. The third kappa shape index (κ3) is 4.67. The Morgan fingerprint density at radius 2 is 1.91 bits per heavy atom. The van der Waals surface area contributed by atoms with E-state index < -0.39 is 29.0 Å². The van der Waals surface area contributed by atoms with Gasteiger partial charge in [-0.1, -0.05) is 0 Å². The molecule has 1 aromatic heterocycles. The molecule has 2 N–H and O–H groups in total. The number of ether oxygens (including phenoxy) is 1. The van der Waals surface area contributed by atoms with Gasteiger partial charge in [0.1, 0.15) is 17.0 Å². The SMILES string of the molecule is Cc1c(N2CCCC(NC(=O)OC(C)(C)C)C2)c(F)cc2cc(C(=O)O)c(=O)n(C3CC3)c12. The number of nitrogens with one attached hydrogen (secondary N) is 1. The second-order valence-electron chi connectivity index (χ2n) is 9.97. The minimum atomic E-state index is -1.31. The minimum Gasteiger partial charge on any atom is -0.477 e. The largest absolute Gasteiger partial charge is 0.477 e. The van der Waals surface area contributed by atoms with Gasteiger partial charge in [-0.25, -0.2) is 14.0 Å². The van der Waals surface area contributed by atoms with Crippen molar-refractivity contribution in [3.05, 3.63) is 39.4 Å². The zero-order valence-corrected chi connectivity index (χ0v) is 19.4. The van der Waals surface area contributed by atoms with Gasteiger partial charge in [0.05, 0.1) is 11.2 Å². The Bertz CT molecular complexity index is 1180. The lowest BCUT2D eigenvalue weighted by Gasteiger charge is -2.36. The minimum absolute atomic E-state index is 0.0701. The molecule has 9 heteroatoms. The number of pyridine rings is 1. The lowest BCUT2D eigenvalue weighted by atomic mass is 10.0. The fraction of sp³-hybridized carbons (Fsp3) is 0.542. The number of alkyl carbamates (subject to hydrolysis) is 1. The van der Waals surface area contributed by atoms with Crippen molar-refractivity contribution >= 4 is 28.7 Å². The smallest absolute Gasteiger partial charge is 0.407 e. The summed E-state index contributed by atoms with van der Waals surface area (Å²) >= 11 is 0. The number of hydrogen-bond donors (Lipinski definition) is 2. The number of piperidine rings is 1. The first-order valence-electron chi connectivity index (χ1n) is 11.3. The van der Waals surface area contributed by atoms with Crippen molar-refractivity contribution in [1.82, 2.24) is 9.88 Å². The number of anilines is 1. The summed E-state index contributed by atoms with van der Waals surface area (Å²) in [6.07, 6.45) is 2.57. The van der Waals surface area contributed by atoms with E-state index in [4.69, 9.17) is 4.74 Å². The molecule has 1 saturated carbocycles. The van der Waals surface area contributed by atoms with Crippen molar-refractivity contribution in [2.24, 2.45) is 0 Å². The number of carbonyl (C=O) groups excluding carboxylic acids is 1. The molecule has 0 bridgehead atoms. The fourth-order valence-corrected chi connectivity index (χ4v) is 4.65. The third-order valence-corrected chi connectivity index (χ3v) is 6.08. The van der Waals surface area contributed by atoms with Crippen LogP contribution >= 0.6 is 0 Å². The molecule has 1 saturated heterocycles. The van der Waals surface area contributed by atoms with Gasteiger partial charge in [-0.15, -0.1) is 0 Å². The van der Waals surface area contributed by atoms with Crippen LogP contribution in [0.4, 0.5) is 14.9 Å². The molecule has 1 aromatic carbocycles. The quantitative estimate of drug-likeness (QED) is 0.717. The summed E-state index contributed by atoms with van der Waals surface area (Å²) in [6.45, 7) is 8.17. The fourth-order valence-electron chi connectivity index (χ4n) is 4.65. The molecule has 33 heavy (non-hydrogen) atoms. The zero-order valence-electron chi connectivity index (χ0n) is 19.4. The number of aryl methyl sites for hydroxylation is 1. The Kier molecular flexibility index (Phi) is 5.84. The Hall–Kier alpha value is -3.10. The van der Waals surface area contributed by atoms with Gasteiger partial charge >= 0.3 is 12.1 Å². The van der Waals surface area contributed by atoms with Gasteiger partial charge < -0.3 is 24.6 Å². The number of carboxylic acids is 1. The molecule has 2 heterocycles. The van der Waals surface area contributed by atoms with Crippen LogP contribution in [0.3, 0.4) is 0 Å². The van der Waals surface area contributed by atoms with Crippen molar-refractivity contribution < 1.29 is 23.8 Å². The summed E-state index contributed by atoms with van der Waals surface area (Å²) in [7, 11) is 0. The summed E-state index contributed by atoms with van der Waals surface area (Å²) in [5.74, 6) is -1.79. The summed E-state index contributed by atoms with van der Waals surface area (Å²) in [5.41, 5.74) is 0.0488. The Morgan fingerprint density at radius 1 is 1.21 bits per heavy atom. The standard InChI is InChI=1S/C24H30FN3O5/c1-13-19-14(10-17(22(30)31)21(29)28(19)16-7-8-16)11-18(25)20(13)27-9-5-6-15(12-27)26-23(32)33-24(2,3)4/h10-11,15-16H,5-9,12H2,1-4H3,(H,26,32)(H,30,31). The van der Waals surface area contributed by atoms with Crippen LogP contribution in [0.5, 0.6) is 0 Å². The summed E-state index contributed by atoms with van der Waals surface area (Å²) in [5, 5.41) is 12.7. The summed E-state index contributed by atoms with van der Waals surface area (Å²) < 4.78 is 22.2. The highest BCUT2D eigenvalue weighted by Gasteiger charge is 2.32. The first kappa shape index (κ1) is 23.1. The van der Waals surface area contributed by atoms with E-state index in [-0.39, 0.29) is 17.6 Å². The molecule has 2 fully saturated rings. The van der Waals surface area contributed by atoms with Crippen molar-refractivity contribution in [3.63, 3.8) is 0 Å². The van der Waals surface area contributed by atoms with Crippen LogP contribution in [0.25, 0.3) is 10.9 Å². The number of fused-ring (bicyclic) bond motifs is 1. The molecular weight excluding hydrogens is 429 g/mol. The number of carboxylic acid groups (broad SMARTS) is 1. The lowest BCUT2D eigenvalue weighted by molar-refractivity contribution is 0.0499. The predicted octanol–water partition coefficient (Wildman–Crippen LogP) is 3.98. The van der Waals surface area contributed by atoms with Gasteiger partial charge in [-0.2, -0.15) is 0 Å². The molecular formula is C24H30FN3O5. The molecule has 8 nitrogen and oxygen atoms in total. The molecule has 1 unspecified atom stereocenters. The van der Waals surface area contributed by atoms with Crippen LogP contribution in [0.15, 0.2) is 16.9 Å². The first-order valence-corrected chi connectivity index (χ1v) is 11.3. The van der Waals surface area contributed by atoms with Crippen molar-refractivity contribution in [3.8, 4) is 0 Å². The molecule has 0 spiro atoms. The van der Waals surface area contributed by atoms with Crippen LogP contribution in [-0.2, 0) is 4.74 Å². The van der Waals surface area contributed by atoms with Gasteiger partial charge in [0.2, 0.25) is 0 Å². The van der Waals surface area contributed by atoms with Crippen LogP contribution < -0.4 is 15.8 Å². The van der Waals surface area contributed by atoms with Gasteiger partial charge in [-0.05, 0) is 71.1 Å². The van der Waals surface area contributed by atoms with E-state index >= 15 is 4.39 Å². The van der Waals surface area contributed by atoms with Crippen LogP contribution in [0.1, 0.15) is 68.4 Å². The number of carbonyl (C=O) groups is 2. The number of benzene rings is 1. The number of nitrogens with zero attached hydrogens (tertiary/aromatic N) is 2. The van der Waals surface area contributed by atoms with Gasteiger partial charge in [0.25, 0.3) is 5.56 Å². The van der Waals surface area contributed by atoms with Crippen molar-refractivity contribution in [2.45, 2.75) is 71.1 Å². The molecule has 2 aliphatic rings. The Labute approximate surface area is 191 Å². The van der Waals surface area contributed by atoms with E-state index in [1.165, 1.54) is 16.7 Å². The van der Waals surface area contributed by atoms with Crippen LogP contribution in [0.2, 0.25) is 0 Å². The second-order valence-corrected chi connectivity index (χ2v) is 9.97. The van der Waals surface area contributed by atoms with Crippen LogP contribution in [0, 0.1) is 12.7 Å². The first-order chi connectivity index (χ1) is 15.5. The topological polar surface area (TPSA) is 101 Å². The van der Waals surface area contributed by atoms with Crippen molar-refractivity contribution in [2.75, 3.05) is 18.0 Å². The molecule has 1 aliphatic heterocycles. The Morgan fingerprint density at radius 3 is 2.52 bits per heavy atom. The average molecular weight is 460 g/mol. The average Bonchev–Trinajstić information content (AvgIpc) is 3.51. The van der Waals surface area contributed by atoms with Crippen molar-refractivity contribution in [1.29, 1.82) is 0 Å². The molecule has 1 aliphatic carbocycles. The highest BCUT2D eigenvalue weighted by molar-refractivity contribution is 5.95. The summed E-state index contributed by atoms with van der Waals surface area (Å²) in [4.78, 5) is 38.6. The van der Waals surface area contributed by atoms with E-state index in [1.54, 1.807) is 27.7 Å². The second kappa shape index (κ2) is 8.35. The normalized spacial score (nSPS) is 18.9. The highest BCUT2D eigenvalue weighted by atomic mass is 19.1. The zero-order chi connectivity index (χ0) is 24.1. The maximum absolute atomic E-state index is 15.4. The number of aromatic nitrogens is 1. The van der Waals surface area contributed by atoms with Gasteiger partial charge in [-0.3, -0.25) is 4.79 Å². The van der Waals surface area contributed by atoms with E-state index in [0.717, 1.165) is 25.7 Å². The highest BCUT2D eigenvalue weighted by Crippen LogP contribution is 2.40. The molecule has 2 aromatic rings. The van der Waals surface area contributed by atoms with E-state index in [2.05, 4.69) is 5.32 Å². The number of aromatic carboxylic acids is 1. The molecule has 4 rings (SSSR count). The number of hydrogen-bond acceptors (Lipinski definition) is 5. The number of amides is 1. The maximum Gasteiger partial charge on any atom is 0.407 e. The Balaban J connectivity index is 1.72. The summed E-state index contributed by atoms with van der Waals surface area (Å²) in [6, 6.07) is 2.30. The van der Waals surface area contributed by atoms with Crippen LogP contribution in [-0.4, -0.2) is 46.5 Å². The molecule has 1 atom stereocenters. The third-order valence-electron chi connectivity index (χ3n) is 6.08.